The Bertz CT molecular complexity index is 98.5. The van der Waals surface area contributed by atoms with Gasteiger partial charge in [-0.1, -0.05) is 6.92 Å². The Labute approximate surface area is 75.3 Å². The smallest absolute Gasteiger partial charge is 0.102 e. The molecule has 0 aromatic carbocycles. The number of halogens is 1. The van der Waals surface area contributed by atoms with Crippen LogP contribution in [0.4, 0.5) is 4.39 Å². The minimum Gasteiger partial charge on any atom is -0.307 e. The lowest BCUT2D eigenvalue weighted by atomic mass is 10.3. The van der Waals surface area contributed by atoms with Gasteiger partial charge >= 0.3 is 0 Å². The third kappa shape index (κ3) is 6.55. The van der Waals surface area contributed by atoms with Crippen LogP contribution in [0, 0.1) is 0 Å². The SMILES string of the molecule is CCN(C)CCCN(C)CCF. The molecule has 12 heavy (non-hydrogen) atoms. The molecule has 0 atom stereocenters. The van der Waals surface area contributed by atoms with Gasteiger partial charge < -0.3 is 9.80 Å². The molecule has 0 rings (SSSR count). The zero-order chi connectivity index (χ0) is 9.40. The topological polar surface area (TPSA) is 6.48 Å². The lowest BCUT2D eigenvalue weighted by Gasteiger charge is -2.17. The number of hydrogen-bond acceptors (Lipinski definition) is 2. The van der Waals surface area contributed by atoms with Crippen molar-refractivity contribution in [2.24, 2.45) is 0 Å². The molecule has 0 aromatic rings. The maximum absolute atomic E-state index is 11.8. The van der Waals surface area contributed by atoms with Crippen LogP contribution in [0.2, 0.25) is 0 Å². The third-order valence-corrected chi connectivity index (χ3v) is 2.09. The van der Waals surface area contributed by atoms with Crippen LogP contribution in [-0.4, -0.2) is 56.7 Å². The van der Waals surface area contributed by atoms with Crippen LogP contribution in [0.1, 0.15) is 13.3 Å². The molecule has 0 aliphatic rings. The first-order valence-electron chi connectivity index (χ1n) is 4.63. The van der Waals surface area contributed by atoms with Crippen LogP contribution in [0.3, 0.4) is 0 Å². The van der Waals surface area contributed by atoms with E-state index in [1.165, 1.54) is 0 Å². The van der Waals surface area contributed by atoms with Gasteiger partial charge in [-0.15, -0.1) is 0 Å². The highest BCUT2D eigenvalue weighted by atomic mass is 19.1. The predicted octanol–water partition coefficient (Wildman–Crippen LogP) is 1.23. The van der Waals surface area contributed by atoms with Crippen LogP contribution in [0.25, 0.3) is 0 Å². The summed E-state index contributed by atoms with van der Waals surface area (Å²) < 4.78 is 11.8. The summed E-state index contributed by atoms with van der Waals surface area (Å²) in [5.74, 6) is 0. The number of hydrogen-bond donors (Lipinski definition) is 0. The van der Waals surface area contributed by atoms with E-state index in [0.717, 1.165) is 26.1 Å². The summed E-state index contributed by atoms with van der Waals surface area (Å²) in [7, 11) is 4.07. The second kappa shape index (κ2) is 7.50. The molecule has 0 heterocycles. The molecule has 0 N–H and O–H groups in total. The Balaban J connectivity index is 3.18. The molecule has 74 valence electrons. The molecule has 0 saturated heterocycles. The molecule has 0 amide bonds. The summed E-state index contributed by atoms with van der Waals surface area (Å²) in [4.78, 5) is 4.30. The fourth-order valence-corrected chi connectivity index (χ4v) is 1.02. The molecular formula is C9H21FN2. The molecule has 0 unspecified atom stereocenters. The van der Waals surface area contributed by atoms with Crippen LogP contribution in [0.5, 0.6) is 0 Å². The maximum Gasteiger partial charge on any atom is 0.102 e. The van der Waals surface area contributed by atoms with Gasteiger partial charge in [0, 0.05) is 6.54 Å². The van der Waals surface area contributed by atoms with Crippen molar-refractivity contribution in [1.82, 2.24) is 9.80 Å². The summed E-state index contributed by atoms with van der Waals surface area (Å²) in [6.45, 7) is 5.66. The average molecular weight is 176 g/mol. The Kier molecular flexibility index (Phi) is 7.40. The Morgan fingerprint density at radius 2 is 1.58 bits per heavy atom. The highest BCUT2D eigenvalue weighted by molar-refractivity contribution is 4.53. The number of alkyl halides is 1. The monoisotopic (exact) mass is 176 g/mol. The number of nitrogens with zero attached hydrogens (tertiary/aromatic N) is 2. The van der Waals surface area contributed by atoms with E-state index in [1.54, 1.807) is 0 Å². The van der Waals surface area contributed by atoms with E-state index in [9.17, 15) is 4.39 Å². The minimum absolute atomic E-state index is 0.236. The molecule has 0 aromatic heterocycles. The van der Waals surface area contributed by atoms with E-state index in [0.29, 0.717) is 6.54 Å². The molecule has 0 aliphatic carbocycles. The fraction of sp³-hybridized carbons (Fsp3) is 1.00. The Hall–Kier alpha value is -0.150. The van der Waals surface area contributed by atoms with Gasteiger partial charge in [-0.25, -0.2) is 4.39 Å². The highest BCUT2D eigenvalue weighted by Gasteiger charge is 1.98. The van der Waals surface area contributed by atoms with Gasteiger partial charge in [0.05, 0.1) is 0 Å². The van der Waals surface area contributed by atoms with E-state index in [-0.39, 0.29) is 6.67 Å². The normalized spacial score (nSPS) is 11.5. The summed E-state index contributed by atoms with van der Waals surface area (Å²) in [5, 5.41) is 0. The zero-order valence-corrected chi connectivity index (χ0v) is 8.52. The van der Waals surface area contributed by atoms with Gasteiger partial charge in [-0.2, -0.15) is 0 Å². The van der Waals surface area contributed by atoms with Crippen molar-refractivity contribution in [3.05, 3.63) is 0 Å². The molecule has 0 saturated carbocycles. The molecule has 0 spiro atoms. The Morgan fingerprint density at radius 1 is 1.00 bits per heavy atom. The van der Waals surface area contributed by atoms with Gasteiger partial charge in [-0.05, 0) is 40.2 Å². The second-order valence-corrected chi connectivity index (χ2v) is 3.24. The predicted molar refractivity (Wildman–Crippen MR) is 51.3 cm³/mol. The molecule has 3 heteroatoms. The van der Waals surface area contributed by atoms with Crippen LogP contribution >= 0.6 is 0 Å². The minimum atomic E-state index is -0.236. The lowest BCUT2D eigenvalue weighted by Crippen LogP contribution is -2.26. The van der Waals surface area contributed by atoms with Crippen molar-refractivity contribution in [3.63, 3.8) is 0 Å². The van der Waals surface area contributed by atoms with Gasteiger partial charge in [0.2, 0.25) is 0 Å². The molecule has 2 nitrogen and oxygen atoms in total. The standard InChI is InChI=1S/C9H21FN2/c1-4-11(2)7-5-8-12(3)9-6-10/h4-9H2,1-3H3. The molecule has 0 fully saturated rings. The van der Waals surface area contributed by atoms with Gasteiger partial charge in [0.15, 0.2) is 0 Å². The summed E-state index contributed by atoms with van der Waals surface area (Å²) in [6.07, 6.45) is 1.13. The van der Waals surface area contributed by atoms with Crippen molar-refractivity contribution in [2.45, 2.75) is 13.3 Å². The van der Waals surface area contributed by atoms with Gasteiger partial charge in [0.25, 0.3) is 0 Å². The van der Waals surface area contributed by atoms with Crippen molar-refractivity contribution in [3.8, 4) is 0 Å². The van der Waals surface area contributed by atoms with Crippen molar-refractivity contribution in [1.29, 1.82) is 0 Å². The summed E-state index contributed by atoms with van der Waals surface area (Å²) in [6, 6.07) is 0. The van der Waals surface area contributed by atoms with Gasteiger partial charge in [0.1, 0.15) is 6.67 Å². The first-order valence-corrected chi connectivity index (χ1v) is 4.63. The van der Waals surface area contributed by atoms with E-state index < -0.39 is 0 Å². The maximum atomic E-state index is 11.8. The van der Waals surface area contributed by atoms with Crippen molar-refractivity contribution < 1.29 is 4.39 Å². The quantitative estimate of drug-likeness (QED) is 0.575. The third-order valence-electron chi connectivity index (χ3n) is 2.09. The van der Waals surface area contributed by atoms with E-state index >= 15 is 0 Å². The molecule has 0 radical (unpaired) electrons. The van der Waals surface area contributed by atoms with Crippen LogP contribution < -0.4 is 0 Å². The van der Waals surface area contributed by atoms with Crippen molar-refractivity contribution in [2.75, 3.05) is 46.9 Å². The Morgan fingerprint density at radius 3 is 2.08 bits per heavy atom. The summed E-state index contributed by atoms with van der Waals surface area (Å²) in [5.41, 5.74) is 0. The zero-order valence-electron chi connectivity index (χ0n) is 8.52. The number of rotatable bonds is 7. The first-order chi connectivity index (χ1) is 5.70. The highest BCUT2D eigenvalue weighted by Crippen LogP contribution is 1.90. The fourth-order valence-electron chi connectivity index (χ4n) is 1.02. The average Bonchev–Trinajstić information content (AvgIpc) is 2.04. The van der Waals surface area contributed by atoms with Crippen LogP contribution in [-0.2, 0) is 0 Å². The lowest BCUT2D eigenvalue weighted by molar-refractivity contribution is 0.266. The van der Waals surface area contributed by atoms with Crippen LogP contribution in [0.15, 0.2) is 0 Å². The molecular weight excluding hydrogens is 155 g/mol. The van der Waals surface area contributed by atoms with Crippen molar-refractivity contribution >= 4 is 0 Å². The molecule has 0 aliphatic heterocycles. The second-order valence-electron chi connectivity index (χ2n) is 3.24. The van der Waals surface area contributed by atoms with E-state index in [1.807, 2.05) is 11.9 Å². The molecule has 0 bridgehead atoms. The summed E-state index contributed by atoms with van der Waals surface area (Å²) >= 11 is 0. The van der Waals surface area contributed by atoms with E-state index in [2.05, 4.69) is 18.9 Å². The van der Waals surface area contributed by atoms with E-state index in [4.69, 9.17) is 0 Å². The first kappa shape index (κ1) is 11.8. The largest absolute Gasteiger partial charge is 0.307 e. The van der Waals surface area contributed by atoms with Gasteiger partial charge in [-0.3, -0.25) is 0 Å².